The van der Waals surface area contributed by atoms with Gasteiger partial charge in [0.2, 0.25) is 10.0 Å². The first-order chi connectivity index (χ1) is 13.0. The highest BCUT2D eigenvalue weighted by Crippen LogP contribution is 2.29. The summed E-state index contributed by atoms with van der Waals surface area (Å²) in [6.45, 7) is 2.00. The molecule has 1 N–H and O–H groups in total. The van der Waals surface area contributed by atoms with Crippen molar-refractivity contribution < 1.29 is 8.42 Å². The number of benzene rings is 2. The van der Waals surface area contributed by atoms with E-state index in [0.717, 1.165) is 28.0 Å². The van der Waals surface area contributed by atoms with Crippen LogP contribution in [0.1, 0.15) is 11.1 Å². The number of anilines is 1. The SMILES string of the molecule is Cc1cccn2cc(-c3ccccc3NS(=O)(=O)Cc3ccccc3)nc12. The number of hydrogen-bond donors (Lipinski definition) is 1. The lowest BCUT2D eigenvalue weighted by molar-refractivity contribution is 0.600. The van der Waals surface area contributed by atoms with Crippen molar-refractivity contribution in [2.75, 3.05) is 4.72 Å². The van der Waals surface area contributed by atoms with Crippen molar-refractivity contribution in [1.29, 1.82) is 0 Å². The summed E-state index contributed by atoms with van der Waals surface area (Å²) in [5.41, 5.74) is 4.65. The minimum Gasteiger partial charge on any atom is -0.306 e. The van der Waals surface area contributed by atoms with Crippen molar-refractivity contribution in [1.82, 2.24) is 9.38 Å². The minimum atomic E-state index is -3.54. The summed E-state index contributed by atoms with van der Waals surface area (Å²) in [6.07, 6.45) is 3.84. The van der Waals surface area contributed by atoms with E-state index in [9.17, 15) is 8.42 Å². The second-order valence-corrected chi connectivity index (χ2v) is 8.16. The Morgan fingerprint density at radius 1 is 0.963 bits per heavy atom. The van der Waals surface area contributed by atoms with Gasteiger partial charge in [-0.3, -0.25) is 4.72 Å². The molecule has 0 saturated carbocycles. The summed E-state index contributed by atoms with van der Waals surface area (Å²) in [4.78, 5) is 4.69. The maximum atomic E-state index is 12.6. The predicted octanol–water partition coefficient (Wildman–Crippen LogP) is 4.25. The van der Waals surface area contributed by atoms with Crippen LogP contribution in [0.4, 0.5) is 5.69 Å². The summed E-state index contributed by atoms with van der Waals surface area (Å²) in [6, 6.07) is 20.4. The van der Waals surface area contributed by atoms with Crippen LogP contribution in [0, 0.1) is 6.92 Å². The quantitative estimate of drug-likeness (QED) is 0.565. The van der Waals surface area contributed by atoms with Crippen molar-refractivity contribution in [3.05, 3.63) is 90.3 Å². The Bertz CT molecular complexity index is 1200. The van der Waals surface area contributed by atoms with Gasteiger partial charge in [0.05, 0.1) is 17.1 Å². The summed E-state index contributed by atoms with van der Waals surface area (Å²) >= 11 is 0. The number of imidazole rings is 1. The molecular formula is C21H19N3O2S. The van der Waals surface area contributed by atoms with Gasteiger partial charge in [-0.1, -0.05) is 54.6 Å². The summed E-state index contributed by atoms with van der Waals surface area (Å²) < 4.78 is 29.9. The number of pyridine rings is 1. The van der Waals surface area contributed by atoms with Gasteiger partial charge in [-0.25, -0.2) is 13.4 Å². The van der Waals surface area contributed by atoms with Crippen LogP contribution in [0.2, 0.25) is 0 Å². The molecule has 2 aromatic carbocycles. The van der Waals surface area contributed by atoms with E-state index in [-0.39, 0.29) is 5.75 Å². The molecule has 0 amide bonds. The van der Waals surface area contributed by atoms with Crippen LogP contribution in [-0.4, -0.2) is 17.8 Å². The Kier molecular flexibility index (Phi) is 4.41. The van der Waals surface area contributed by atoms with E-state index in [2.05, 4.69) is 9.71 Å². The number of nitrogens with zero attached hydrogens (tertiary/aromatic N) is 2. The molecular weight excluding hydrogens is 358 g/mol. The first-order valence-corrected chi connectivity index (χ1v) is 10.3. The van der Waals surface area contributed by atoms with E-state index >= 15 is 0 Å². The molecule has 2 heterocycles. The number of para-hydroxylation sites is 1. The van der Waals surface area contributed by atoms with Gasteiger partial charge >= 0.3 is 0 Å². The Morgan fingerprint density at radius 2 is 1.70 bits per heavy atom. The number of sulfonamides is 1. The molecule has 0 atom stereocenters. The third kappa shape index (κ3) is 3.71. The van der Waals surface area contributed by atoms with Gasteiger partial charge in [0.1, 0.15) is 5.65 Å². The molecule has 0 unspecified atom stereocenters. The number of hydrogen-bond acceptors (Lipinski definition) is 3. The fraction of sp³-hybridized carbons (Fsp3) is 0.0952. The van der Waals surface area contributed by atoms with Crippen molar-refractivity contribution in [3.8, 4) is 11.3 Å². The first kappa shape index (κ1) is 17.3. The van der Waals surface area contributed by atoms with Gasteiger partial charge in [-0.05, 0) is 30.2 Å². The topological polar surface area (TPSA) is 63.5 Å². The predicted molar refractivity (Wildman–Crippen MR) is 108 cm³/mol. The monoisotopic (exact) mass is 377 g/mol. The second kappa shape index (κ2) is 6.89. The van der Waals surface area contributed by atoms with Crippen LogP contribution in [0.25, 0.3) is 16.9 Å². The van der Waals surface area contributed by atoms with Crippen molar-refractivity contribution in [3.63, 3.8) is 0 Å². The highest BCUT2D eigenvalue weighted by Gasteiger charge is 2.16. The highest BCUT2D eigenvalue weighted by atomic mass is 32.2. The van der Waals surface area contributed by atoms with Crippen LogP contribution in [-0.2, 0) is 15.8 Å². The highest BCUT2D eigenvalue weighted by molar-refractivity contribution is 7.91. The molecule has 5 nitrogen and oxygen atoms in total. The lowest BCUT2D eigenvalue weighted by atomic mass is 10.1. The van der Waals surface area contributed by atoms with Crippen LogP contribution >= 0.6 is 0 Å². The second-order valence-electron chi connectivity index (χ2n) is 6.44. The fourth-order valence-electron chi connectivity index (χ4n) is 3.08. The van der Waals surface area contributed by atoms with E-state index in [1.54, 1.807) is 18.2 Å². The lowest BCUT2D eigenvalue weighted by Crippen LogP contribution is -2.15. The number of aromatic nitrogens is 2. The van der Waals surface area contributed by atoms with Crippen LogP contribution < -0.4 is 4.72 Å². The van der Waals surface area contributed by atoms with E-state index in [0.29, 0.717) is 5.69 Å². The molecule has 4 rings (SSSR count). The smallest absolute Gasteiger partial charge is 0.236 e. The normalized spacial score (nSPS) is 11.6. The molecule has 136 valence electrons. The van der Waals surface area contributed by atoms with Gasteiger partial charge < -0.3 is 4.40 Å². The van der Waals surface area contributed by atoms with Crippen molar-refractivity contribution in [2.24, 2.45) is 0 Å². The van der Waals surface area contributed by atoms with Crippen LogP contribution in [0.15, 0.2) is 79.1 Å². The first-order valence-electron chi connectivity index (χ1n) is 8.60. The van der Waals surface area contributed by atoms with E-state index in [1.165, 1.54) is 0 Å². The van der Waals surface area contributed by atoms with Crippen molar-refractivity contribution >= 4 is 21.4 Å². The molecule has 2 aromatic heterocycles. The zero-order valence-electron chi connectivity index (χ0n) is 14.8. The molecule has 6 heteroatoms. The zero-order chi connectivity index (χ0) is 18.9. The summed E-state index contributed by atoms with van der Waals surface area (Å²) in [5.74, 6) is -0.0769. The van der Waals surface area contributed by atoms with Gasteiger partial charge in [0, 0.05) is 18.0 Å². The maximum absolute atomic E-state index is 12.6. The minimum absolute atomic E-state index is 0.0769. The molecule has 0 radical (unpaired) electrons. The number of aryl methyl sites for hydroxylation is 1. The Labute approximate surface area is 158 Å². The Hall–Kier alpha value is -3.12. The van der Waals surface area contributed by atoms with Crippen LogP contribution in [0.5, 0.6) is 0 Å². The third-order valence-electron chi connectivity index (χ3n) is 4.35. The molecule has 0 aliphatic heterocycles. The summed E-state index contributed by atoms with van der Waals surface area (Å²) in [5, 5.41) is 0. The molecule has 0 fully saturated rings. The van der Waals surface area contributed by atoms with Crippen LogP contribution in [0.3, 0.4) is 0 Å². The van der Waals surface area contributed by atoms with E-state index < -0.39 is 10.0 Å². The average molecular weight is 377 g/mol. The molecule has 0 spiro atoms. The van der Waals surface area contributed by atoms with Gasteiger partial charge in [0.15, 0.2) is 0 Å². The summed E-state index contributed by atoms with van der Waals surface area (Å²) in [7, 11) is -3.54. The Morgan fingerprint density at radius 3 is 2.48 bits per heavy atom. The Balaban J connectivity index is 1.69. The molecule has 0 bridgehead atoms. The average Bonchev–Trinajstić information content (AvgIpc) is 3.08. The van der Waals surface area contributed by atoms with Crippen molar-refractivity contribution in [2.45, 2.75) is 12.7 Å². The van der Waals surface area contributed by atoms with Gasteiger partial charge in [-0.15, -0.1) is 0 Å². The van der Waals surface area contributed by atoms with Gasteiger partial charge in [-0.2, -0.15) is 0 Å². The maximum Gasteiger partial charge on any atom is 0.236 e. The van der Waals surface area contributed by atoms with Gasteiger partial charge in [0.25, 0.3) is 0 Å². The zero-order valence-corrected chi connectivity index (χ0v) is 15.6. The molecule has 4 aromatic rings. The standard InChI is InChI=1S/C21H19N3O2S/c1-16-8-7-13-24-14-20(22-21(16)24)18-11-5-6-12-19(18)23-27(25,26)15-17-9-3-2-4-10-17/h2-14,23H,15H2,1H3. The largest absolute Gasteiger partial charge is 0.306 e. The molecule has 0 aliphatic carbocycles. The molecule has 0 saturated heterocycles. The number of fused-ring (bicyclic) bond motifs is 1. The number of rotatable bonds is 5. The lowest BCUT2D eigenvalue weighted by Gasteiger charge is -2.11. The molecule has 0 aliphatic rings. The third-order valence-corrected chi connectivity index (χ3v) is 5.59. The molecule has 27 heavy (non-hydrogen) atoms. The van der Waals surface area contributed by atoms with E-state index in [4.69, 9.17) is 0 Å². The fourth-order valence-corrected chi connectivity index (χ4v) is 4.29. The number of nitrogens with one attached hydrogen (secondary N) is 1. The van der Waals surface area contributed by atoms with E-state index in [1.807, 2.05) is 72.2 Å².